The highest BCUT2D eigenvalue weighted by atomic mass is 32.2. The molecule has 0 aliphatic carbocycles. The van der Waals surface area contributed by atoms with Gasteiger partial charge in [0.2, 0.25) is 5.91 Å². The third kappa shape index (κ3) is 4.14. The highest BCUT2D eigenvalue weighted by Crippen LogP contribution is 2.07. The molecule has 0 saturated heterocycles. The molecule has 9 heteroatoms. The first kappa shape index (κ1) is 16.3. The fourth-order valence-corrected chi connectivity index (χ4v) is 2.62. The van der Waals surface area contributed by atoms with Gasteiger partial charge in [0.05, 0.1) is 0 Å². The Labute approximate surface area is 116 Å². The SMILES string of the molecule is CCCC(C(=O)NCCN1C(=O)C=CC1=O)S(=O)(=O)O. The molecule has 2 N–H and O–H groups in total. The van der Waals surface area contributed by atoms with Crippen molar-refractivity contribution >= 4 is 27.8 Å². The molecule has 0 fully saturated rings. The van der Waals surface area contributed by atoms with Gasteiger partial charge in [-0.3, -0.25) is 23.8 Å². The van der Waals surface area contributed by atoms with Crippen molar-refractivity contribution in [3.63, 3.8) is 0 Å². The first-order valence-electron chi connectivity index (χ1n) is 6.05. The summed E-state index contributed by atoms with van der Waals surface area (Å²) in [5.74, 6) is -1.81. The summed E-state index contributed by atoms with van der Waals surface area (Å²) in [6.07, 6.45) is 2.63. The topological polar surface area (TPSA) is 121 Å². The molecule has 1 rings (SSSR count). The lowest BCUT2D eigenvalue weighted by Crippen LogP contribution is -2.44. The molecule has 1 atom stereocenters. The molecular weight excluding hydrogens is 288 g/mol. The molecule has 112 valence electrons. The normalized spacial score (nSPS) is 16.6. The predicted octanol–water partition coefficient (Wildman–Crippen LogP) is -0.916. The maximum atomic E-state index is 11.7. The van der Waals surface area contributed by atoms with E-state index in [2.05, 4.69) is 5.32 Å². The molecule has 0 radical (unpaired) electrons. The molecule has 3 amide bonds. The zero-order valence-electron chi connectivity index (χ0n) is 10.9. The van der Waals surface area contributed by atoms with E-state index in [9.17, 15) is 22.8 Å². The van der Waals surface area contributed by atoms with E-state index in [-0.39, 0.29) is 19.5 Å². The predicted molar refractivity (Wildman–Crippen MR) is 69.1 cm³/mol. The zero-order valence-corrected chi connectivity index (χ0v) is 11.7. The molecule has 0 aromatic carbocycles. The van der Waals surface area contributed by atoms with E-state index >= 15 is 0 Å². The minimum atomic E-state index is -4.47. The quantitative estimate of drug-likeness (QED) is 0.464. The number of hydrogen-bond donors (Lipinski definition) is 2. The van der Waals surface area contributed by atoms with Gasteiger partial charge in [-0.15, -0.1) is 0 Å². The Kier molecular flexibility index (Phi) is 5.40. The van der Waals surface area contributed by atoms with Crippen LogP contribution in [-0.4, -0.2) is 53.9 Å². The molecule has 1 heterocycles. The van der Waals surface area contributed by atoms with Gasteiger partial charge in [0.25, 0.3) is 21.9 Å². The van der Waals surface area contributed by atoms with E-state index in [0.717, 1.165) is 17.1 Å². The van der Waals surface area contributed by atoms with Crippen molar-refractivity contribution in [2.24, 2.45) is 0 Å². The molecule has 0 spiro atoms. The van der Waals surface area contributed by atoms with Gasteiger partial charge < -0.3 is 5.32 Å². The Hall–Kier alpha value is -1.74. The summed E-state index contributed by atoms with van der Waals surface area (Å²) in [5, 5.41) is 0.758. The summed E-state index contributed by atoms with van der Waals surface area (Å²) >= 11 is 0. The third-order valence-electron chi connectivity index (χ3n) is 2.74. The van der Waals surface area contributed by atoms with Crippen molar-refractivity contribution in [2.75, 3.05) is 13.1 Å². The van der Waals surface area contributed by atoms with Crippen molar-refractivity contribution in [2.45, 2.75) is 25.0 Å². The molecule has 1 aliphatic rings. The highest BCUT2D eigenvalue weighted by Gasteiger charge is 2.30. The van der Waals surface area contributed by atoms with Gasteiger partial charge in [-0.25, -0.2) is 0 Å². The van der Waals surface area contributed by atoms with Crippen LogP contribution in [0.15, 0.2) is 12.2 Å². The second-order valence-electron chi connectivity index (χ2n) is 4.24. The second kappa shape index (κ2) is 6.62. The minimum Gasteiger partial charge on any atom is -0.353 e. The Bertz CT molecular complexity index is 521. The molecule has 0 saturated carbocycles. The molecule has 0 aromatic heterocycles. The number of amides is 3. The van der Waals surface area contributed by atoms with Gasteiger partial charge in [-0.1, -0.05) is 13.3 Å². The maximum absolute atomic E-state index is 11.7. The number of nitrogens with one attached hydrogen (secondary N) is 1. The molecule has 8 nitrogen and oxygen atoms in total. The largest absolute Gasteiger partial charge is 0.353 e. The Morgan fingerprint density at radius 3 is 2.35 bits per heavy atom. The van der Waals surface area contributed by atoms with Crippen LogP contribution in [0.25, 0.3) is 0 Å². The monoisotopic (exact) mass is 304 g/mol. The number of hydrogen-bond acceptors (Lipinski definition) is 5. The van der Waals surface area contributed by atoms with E-state index in [4.69, 9.17) is 4.55 Å². The van der Waals surface area contributed by atoms with E-state index < -0.39 is 33.1 Å². The molecule has 1 aliphatic heterocycles. The van der Waals surface area contributed by atoms with Crippen LogP contribution in [-0.2, 0) is 24.5 Å². The van der Waals surface area contributed by atoms with E-state index in [1.54, 1.807) is 6.92 Å². The van der Waals surface area contributed by atoms with Crippen LogP contribution < -0.4 is 5.32 Å². The summed E-state index contributed by atoms with van der Waals surface area (Å²) in [6, 6.07) is 0. The van der Waals surface area contributed by atoms with Crippen molar-refractivity contribution in [3.8, 4) is 0 Å². The smallest absolute Gasteiger partial charge is 0.276 e. The van der Waals surface area contributed by atoms with E-state index in [1.165, 1.54) is 0 Å². The second-order valence-corrected chi connectivity index (χ2v) is 5.84. The van der Waals surface area contributed by atoms with Crippen molar-refractivity contribution < 1.29 is 27.4 Å². The van der Waals surface area contributed by atoms with Gasteiger partial charge in [0, 0.05) is 25.2 Å². The first-order chi connectivity index (χ1) is 9.27. The average Bonchev–Trinajstić information content (AvgIpc) is 2.65. The fourth-order valence-electron chi connectivity index (χ4n) is 1.73. The van der Waals surface area contributed by atoms with Crippen molar-refractivity contribution in [1.29, 1.82) is 0 Å². The Morgan fingerprint density at radius 1 is 1.35 bits per heavy atom. The summed E-state index contributed by atoms with van der Waals surface area (Å²) in [5.41, 5.74) is 0. The van der Waals surface area contributed by atoms with E-state index in [1.807, 2.05) is 0 Å². The Balaban J connectivity index is 2.50. The Morgan fingerprint density at radius 2 is 1.90 bits per heavy atom. The maximum Gasteiger partial charge on any atom is 0.276 e. The molecule has 0 bridgehead atoms. The number of carbonyl (C=O) groups excluding carboxylic acids is 3. The van der Waals surface area contributed by atoms with Gasteiger partial charge in [0.15, 0.2) is 5.25 Å². The lowest BCUT2D eigenvalue weighted by Gasteiger charge is -2.16. The fraction of sp³-hybridized carbons (Fsp3) is 0.545. The van der Waals surface area contributed by atoms with Crippen LogP contribution in [0.5, 0.6) is 0 Å². The highest BCUT2D eigenvalue weighted by molar-refractivity contribution is 7.87. The van der Waals surface area contributed by atoms with Crippen LogP contribution in [0.2, 0.25) is 0 Å². The van der Waals surface area contributed by atoms with E-state index in [0.29, 0.717) is 6.42 Å². The summed E-state index contributed by atoms with van der Waals surface area (Å²) in [6.45, 7) is 1.55. The van der Waals surface area contributed by atoms with Gasteiger partial charge in [-0.05, 0) is 6.42 Å². The third-order valence-corrected chi connectivity index (χ3v) is 3.91. The van der Waals surface area contributed by atoms with Crippen LogP contribution in [0, 0.1) is 0 Å². The standard InChI is InChI=1S/C11H16N2O6S/c1-2-3-8(20(17,18)19)11(16)12-6-7-13-9(14)4-5-10(13)15/h4-5,8H,2-3,6-7H2,1H3,(H,12,16)(H,17,18,19). The first-order valence-corrected chi connectivity index (χ1v) is 7.55. The van der Waals surface area contributed by atoms with Gasteiger partial charge in [0.1, 0.15) is 0 Å². The van der Waals surface area contributed by atoms with Crippen LogP contribution in [0.1, 0.15) is 19.8 Å². The van der Waals surface area contributed by atoms with Crippen molar-refractivity contribution in [3.05, 3.63) is 12.2 Å². The molecule has 0 aromatic rings. The summed E-state index contributed by atoms with van der Waals surface area (Å²) < 4.78 is 31.1. The number of imide groups is 1. The van der Waals surface area contributed by atoms with Gasteiger partial charge >= 0.3 is 0 Å². The van der Waals surface area contributed by atoms with Gasteiger partial charge in [-0.2, -0.15) is 8.42 Å². The van der Waals surface area contributed by atoms with Crippen LogP contribution >= 0.6 is 0 Å². The van der Waals surface area contributed by atoms with Crippen molar-refractivity contribution in [1.82, 2.24) is 10.2 Å². The number of nitrogens with zero attached hydrogens (tertiary/aromatic N) is 1. The summed E-state index contributed by atoms with van der Waals surface area (Å²) in [4.78, 5) is 35.0. The number of carbonyl (C=O) groups is 3. The molecule has 20 heavy (non-hydrogen) atoms. The average molecular weight is 304 g/mol. The lowest BCUT2D eigenvalue weighted by atomic mass is 10.2. The molecule has 1 unspecified atom stereocenters. The van der Waals surface area contributed by atoms with Crippen LogP contribution in [0.3, 0.4) is 0 Å². The minimum absolute atomic E-state index is 0.00615. The van der Waals surface area contributed by atoms with Crippen LogP contribution in [0.4, 0.5) is 0 Å². The zero-order chi connectivity index (χ0) is 15.3. The molecular formula is C11H16N2O6S. The lowest BCUT2D eigenvalue weighted by molar-refractivity contribution is -0.137. The summed E-state index contributed by atoms with van der Waals surface area (Å²) in [7, 11) is -4.47. The number of rotatable bonds is 7.